The van der Waals surface area contributed by atoms with Crippen LogP contribution in [-0.2, 0) is 20.3 Å². The number of carbonyl (C=O) groups excluding carboxylic acids is 1. The number of hydrogen-bond acceptors (Lipinski definition) is 4. The van der Waals surface area contributed by atoms with Crippen LogP contribution in [0.1, 0.15) is 53.4 Å². The van der Waals surface area contributed by atoms with Crippen LogP contribution >= 0.6 is 0 Å². The fraction of sp³-hybridized carbons (Fsp3) is 0.632. The van der Waals surface area contributed by atoms with E-state index in [4.69, 9.17) is 5.73 Å². The lowest BCUT2D eigenvalue weighted by Crippen LogP contribution is -2.37. The van der Waals surface area contributed by atoms with Crippen molar-refractivity contribution in [2.75, 3.05) is 18.6 Å². The van der Waals surface area contributed by atoms with E-state index >= 15 is 0 Å². The molecule has 0 heterocycles. The van der Waals surface area contributed by atoms with Gasteiger partial charge in [0.1, 0.15) is 6.04 Å². The highest BCUT2D eigenvalue weighted by atomic mass is 32.2. The van der Waals surface area contributed by atoms with E-state index in [0.717, 1.165) is 25.7 Å². The summed E-state index contributed by atoms with van der Waals surface area (Å²) < 4.78 is 16.4. The number of ether oxygens (including phenoxy) is 1. The van der Waals surface area contributed by atoms with Gasteiger partial charge in [-0.25, -0.2) is 0 Å². The highest BCUT2D eigenvalue weighted by molar-refractivity contribution is 7.85. The van der Waals surface area contributed by atoms with Crippen molar-refractivity contribution in [3.8, 4) is 0 Å². The molecule has 0 fully saturated rings. The Morgan fingerprint density at radius 3 is 2.12 bits per heavy atom. The predicted octanol–water partition coefficient (Wildman–Crippen LogP) is 3.65. The molecule has 2 N–H and O–H groups in total. The molecular weight excluding hydrogens is 322 g/mol. The molecule has 0 aromatic carbocycles. The van der Waals surface area contributed by atoms with Gasteiger partial charge in [-0.05, 0) is 53.4 Å². The average Bonchev–Trinajstić information content (AvgIpc) is 2.51. The van der Waals surface area contributed by atoms with Gasteiger partial charge in [-0.2, -0.15) is 0 Å². The highest BCUT2D eigenvalue weighted by Crippen LogP contribution is 2.11. The van der Waals surface area contributed by atoms with Gasteiger partial charge in [0.25, 0.3) is 0 Å². The zero-order valence-electron chi connectivity index (χ0n) is 15.8. The topological polar surface area (TPSA) is 69.4 Å². The monoisotopic (exact) mass is 355 g/mol. The van der Waals surface area contributed by atoms with E-state index in [9.17, 15) is 9.00 Å². The van der Waals surface area contributed by atoms with Crippen molar-refractivity contribution in [2.24, 2.45) is 5.73 Å². The molecule has 0 saturated heterocycles. The maximum Gasteiger partial charge on any atom is 0.323 e. The molecular formula is C19H33NO3S. The van der Waals surface area contributed by atoms with Gasteiger partial charge in [0.15, 0.2) is 0 Å². The molecule has 0 spiro atoms. The third-order valence-electron chi connectivity index (χ3n) is 3.61. The van der Waals surface area contributed by atoms with E-state index in [1.165, 1.54) is 23.8 Å². The van der Waals surface area contributed by atoms with Gasteiger partial charge >= 0.3 is 5.97 Å². The van der Waals surface area contributed by atoms with Crippen LogP contribution in [0, 0.1) is 0 Å². The smallest absolute Gasteiger partial charge is 0.323 e. The minimum atomic E-state index is -1.14. The number of esters is 1. The summed E-state index contributed by atoms with van der Waals surface area (Å²) in [7, 11) is 0.142. The molecule has 0 rings (SSSR count). The Hall–Kier alpha value is -1.20. The van der Waals surface area contributed by atoms with E-state index < -0.39 is 22.8 Å². The predicted molar refractivity (Wildman–Crippen MR) is 103 cm³/mol. The molecule has 1 unspecified atom stereocenters. The summed E-state index contributed by atoms with van der Waals surface area (Å²) in [6, 6.07) is -0.809. The number of allylic oxidation sites excluding steroid dienone is 5. The fourth-order valence-corrected chi connectivity index (χ4v) is 3.20. The zero-order chi connectivity index (χ0) is 18.5. The summed E-state index contributed by atoms with van der Waals surface area (Å²) in [6.45, 7) is 8.45. The maximum atomic E-state index is 11.9. The van der Waals surface area contributed by atoms with Crippen molar-refractivity contribution in [3.05, 3.63) is 34.9 Å². The summed E-state index contributed by atoms with van der Waals surface area (Å²) in [6.07, 6.45) is 10.7. The lowest BCUT2D eigenvalue weighted by molar-refractivity contribution is -0.141. The molecule has 0 radical (unpaired) electrons. The molecule has 0 saturated carbocycles. The Balaban J connectivity index is 4.12. The van der Waals surface area contributed by atoms with Crippen LogP contribution in [0.4, 0.5) is 0 Å². The minimum absolute atomic E-state index is 0.139. The van der Waals surface area contributed by atoms with Crippen LogP contribution in [-0.4, -0.2) is 34.8 Å². The quantitative estimate of drug-likeness (QED) is 0.454. The maximum absolute atomic E-state index is 11.9. The number of carbonyl (C=O) groups is 1. The lowest BCUT2D eigenvalue weighted by Gasteiger charge is -2.08. The number of rotatable bonds is 11. The summed E-state index contributed by atoms with van der Waals surface area (Å²) >= 11 is 0. The zero-order valence-corrected chi connectivity index (χ0v) is 16.6. The molecule has 5 heteroatoms. The molecule has 0 aliphatic carbocycles. The largest absolute Gasteiger partial charge is 0.468 e. The van der Waals surface area contributed by atoms with E-state index in [0.29, 0.717) is 5.75 Å². The molecule has 0 bridgehead atoms. The van der Waals surface area contributed by atoms with Crippen molar-refractivity contribution in [1.82, 2.24) is 0 Å². The van der Waals surface area contributed by atoms with E-state index in [1.807, 2.05) is 13.0 Å². The first-order valence-corrected chi connectivity index (χ1v) is 9.88. The third-order valence-corrected chi connectivity index (χ3v) is 4.88. The van der Waals surface area contributed by atoms with Crippen molar-refractivity contribution in [2.45, 2.75) is 59.4 Å². The number of hydrogen-bond donors (Lipinski definition) is 1. The van der Waals surface area contributed by atoms with Gasteiger partial charge in [0.05, 0.1) is 7.11 Å². The molecule has 0 aliphatic heterocycles. The van der Waals surface area contributed by atoms with Crippen molar-refractivity contribution in [1.29, 1.82) is 0 Å². The molecule has 0 aromatic heterocycles. The molecule has 0 aliphatic rings. The molecule has 0 amide bonds. The van der Waals surface area contributed by atoms with Crippen LogP contribution in [0.2, 0.25) is 0 Å². The second-order valence-corrected chi connectivity index (χ2v) is 7.91. The second-order valence-electron chi connectivity index (χ2n) is 6.36. The van der Waals surface area contributed by atoms with E-state index in [2.05, 4.69) is 37.7 Å². The Labute approximate surface area is 149 Å². The van der Waals surface area contributed by atoms with Gasteiger partial charge in [0, 0.05) is 22.3 Å². The summed E-state index contributed by atoms with van der Waals surface area (Å²) in [5, 5.41) is 0. The Morgan fingerprint density at radius 2 is 1.58 bits per heavy atom. The van der Waals surface area contributed by atoms with E-state index in [1.54, 1.807) is 0 Å². The van der Waals surface area contributed by atoms with Gasteiger partial charge < -0.3 is 10.5 Å². The first-order valence-electron chi connectivity index (χ1n) is 8.39. The normalized spacial score (nSPS) is 14.9. The summed E-state index contributed by atoms with van der Waals surface area (Å²) in [5.41, 5.74) is 9.59. The van der Waals surface area contributed by atoms with Crippen molar-refractivity contribution in [3.63, 3.8) is 0 Å². The first-order chi connectivity index (χ1) is 11.3. The molecule has 0 aromatic rings. The Morgan fingerprint density at radius 1 is 1.04 bits per heavy atom. The van der Waals surface area contributed by atoms with Gasteiger partial charge in [-0.1, -0.05) is 34.9 Å². The number of nitrogens with two attached hydrogens (primary N) is 1. The lowest BCUT2D eigenvalue weighted by atomic mass is 10.1. The van der Waals surface area contributed by atoms with E-state index in [-0.39, 0.29) is 5.75 Å². The van der Waals surface area contributed by atoms with Gasteiger partial charge in [-0.3, -0.25) is 9.00 Å². The SMILES string of the molecule is COC(=O)[C@@H](N)CS(=O)C/C=C(\C)CC/C=C(\C)CCC=C(C)C. The van der Waals surface area contributed by atoms with Gasteiger partial charge in [-0.15, -0.1) is 0 Å². The van der Waals surface area contributed by atoms with Gasteiger partial charge in [0.2, 0.25) is 0 Å². The van der Waals surface area contributed by atoms with Crippen LogP contribution in [0.25, 0.3) is 0 Å². The van der Waals surface area contributed by atoms with Crippen LogP contribution in [0.15, 0.2) is 34.9 Å². The van der Waals surface area contributed by atoms with Crippen molar-refractivity contribution < 1.29 is 13.7 Å². The van der Waals surface area contributed by atoms with Crippen molar-refractivity contribution >= 4 is 16.8 Å². The average molecular weight is 356 g/mol. The Bertz CT molecular complexity index is 503. The fourth-order valence-electron chi connectivity index (χ4n) is 2.06. The highest BCUT2D eigenvalue weighted by Gasteiger charge is 2.16. The van der Waals surface area contributed by atoms with Crippen LogP contribution in [0.5, 0.6) is 0 Å². The first kappa shape index (κ1) is 22.8. The molecule has 24 heavy (non-hydrogen) atoms. The standard InChI is InChI=1S/C19H33NO3S/c1-15(2)8-6-9-16(3)10-7-11-17(4)12-13-24(22)14-18(20)19(21)23-5/h8,10,12,18H,6-7,9,11,13-14,20H2,1-5H3/b16-10+,17-12+/t18-,24?/m0/s1. The number of methoxy groups -OCH3 is 1. The molecule has 4 nitrogen and oxygen atoms in total. The summed E-state index contributed by atoms with van der Waals surface area (Å²) in [5.74, 6) is 0.0531. The molecule has 2 atom stereocenters. The van der Waals surface area contributed by atoms with Crippen LogP contribution < -0.4 is 5.73 Å². The minimum Gasteiger partial charge on any atom is -0.468 e. The second kappa shape index (κ2) is 13.1. The Kier molecular flexibility index (Phi) is 12.5. The third kappa shape index (κ3) is 12.3. The van der Waals surface area contributed by atoms with Crippen LogP contribution in [0.3, 0.4) is 0 Å². The summed E-state index contributed by atoms with van der Waals surface area (Å²) in [4.78, 5) is 11.2. The molecule has 138 valence electrons.